The molecule has 1 fully saturated rings. The molecule has 1 saturated heterocycles. The van der Waals surface area contributed by atoms with E-state index in [1.807, 2.05) is 0 Å². The molecule has 2 heterocycles. The standard InChI is InChI=1S/C21H21ClN4O4S/c22-15-7-8-19-18(11-15)21(28)25(14-23-19)13-20(27)24-16-5-4-6-17(12-16)31(29,30)26-9-2-1-3-10-26/h4-8,11-12,14H,1-3,9-10,13H2,(H,24,27). The van der Waals surface area contributed by atoms with Crippen LogP contribution in [0.15, 0.2) is 58.5 Å². The molecule has 2 aromatic carbocycles. The maximum atomic E-state index is 12.9. The van der Waals surface area contributed by atoms with Gasteiger partial charge >= 0.3 is 0 Å². The molecule has 31 heavy (non-hydrogen) atoms. The highest BCUT2D eigenvalue weighted by atomic mass is 35.5. The smallest absolute Gasteiger partial charge is 0.261 e. The van der Waals surface area contributed by atoms with Crippen molar-refractivity contribution in [2.24, 2.45) is 0 Å². The van der Waals surface area contributed by atoms with Crippen molar-refractivity contribution in [1.82, 2.24) is 13.9 Å². The molecule has 0 spiro atoms. The van der Waals surface area contributed by atoms with Gasteiger partial charge in [0.25, 0.3) is 5.56 Å². The number of aromatic nitrogens is 2. The van der Waals surface area contributed by atoms with Gasteiger partial charge in [0.2, 0.25) is 15.9 Å². The first kappa shape index (κ1) is 21.5. The molecule has 1 aliphatic rings. The van der Waals surface area contributed by atoms with E-state index in [4.69, 9.17) is 11.6 Å². The number of benzene rings is 2. The summed E-state index contributed by atoms with van der Waals surface area (Å²) in [5, 5.41) is 3.38. The second-order valence-electron chi connectivity index (χ2n) is 7.38. The summed E-state index contributed by atoms with van der Waals surface area (Å²) in [4.78, 5) is 29.5. The lowest BCUT2D eigenvalue weighted by Crippen LogP contribution is -2.35. The Morgan fingerprint density at radius 2 is 1.87 bits per heavy atom. The minimum absolute atomic E-state index is 0.131. The van der Waals surface area contributed by atoms with Gasteiger partial charge in [-0.05, 0) is 49.2 Å². The minimum atomic E-state index is -3.61. The first-order chi connectivity index (χ1) is 14.8. The lowest BCUT2D eigenvalue weighted by Gasteiger charge is -2.26. The molecule has 3 aromatic rings. The average molecular weight is 461 g/mol. The van der Waals surface area contributed by atoms with Gasteiger partial charge in [0.15, 0.2) is 0 Å². The van der Waals surface area contributed by atoms with E-state index in [-0.39, 0.29) is 17.0 Å². The van der Waals surface area contributed by atoms with Crippen molar-refractivity contribution >= 4 is 44.1 Å². The number of sulfonamides is 1. The minimum Gasteiger partial charge on any atom is -0.324 e. The molecule has 10 heteroatoms. The Morgan fingerprint density at radius 3 is 2.65 bits per heavy atom. The number of nitrogens with one attached hydrogen (secondary N) is 1. The molecule has 0 bridgehead atoms. The summed E-state index contributed by atoms with van der Waals surface area (Å²) in [6.07, 6.45) is 4.01. The van der Waals surface area contributed by atoms with E-state index in [1.165, 1.54) is 33.4 Å². The molecule has 0 aliphatic carbocycles. The highest BCUT2D eigenvalue weighted by Crippen LogP contribution is 2.23. The summed E-state index contributed by atoms with van der Waals surface area (Å²) in [5.74, 6) is -0.474. The van der Waals surface area contributed by atoms with E-state index in [0.29, 0.717) is 34.7 Å². The first-order valence-electron chi connectivity index (χ1n) is 9.89. The van der Waals surface area contributed by atoms with E-state index < -0.39 is 15.9 Å². The summed E-state index contributed by atoms with van der Waals surface area (Å²) in [6, 6.07) is 10.9. The van der Waals surface area contributed by atoms with Gasteiger partial charge in [0.05, 0.1) is 22.1 Å². The SMILES string of the molecule is O=C(Cn1cnc2ccc(Cl)cc2c1=O)Nc1cccc(S(=O)(=O)N2CCCCC2)c1. The van der Waals surface area contributed by atoms with Gasteiger partial charge in [-0.3, -0.25) is 14.2 Å². The van der Waals surface area contributed by atoms with Gasteiger partial charge in [-0.25, -0.2) is 13.4 Å². The van der Waals surface area contributed by atoms with E-state index in [0.717, 1.165) is 19.3 Å². The number of piperidine rings is 1. The van der Waals surface area contributed by atoms with Gasteiger partial charge in [0, 0.05) is 23.8 Å². The Morgan fingerprint density at radius 1 is 1.10 bits per heavy atom. The second-order valence-corrected chi connectivity index (χ2v) is 9.75. The molecule has 1 aromatic heterocycles. The number of nitrogens with zero attached hydrogens (tertiary/aromatic N) is 3. The molecular formula is C21H21ClN4O4S. The predicted molar refractivity (Wildman–Crippen MR) is 119 cm³/mol. The van der Waals surface area contributed by atoms with E-state index in [9.17, 15) is 18.0 Å². The van der Waals surface area contributed by atoms with Crippen LogP contribution in [0, 0.1) is 0 Å². The van der Waals surface area contributed by atoms with Crippen molar-refractivity contribution in [3.63, 3.8) is 0 Å². The maximum Gasteiger partial charge on any atom is 0.261 e. The number of fused-ring (bicyclic) bond motifs is 1. The highest BCUT2D eigenvalue weighted by molar-refractivity contribution is 7.89. The Hall–Kier alpha value is -2.75. The molecule has 0 saturated carbocycles. The third-order valence-electron chi connectivity index (χ3n) is 5.17. The molecule has 0 unspecified atom stereocenters. The molecule has 0 radical (unpaired) electrons. The number of rotatable bonds is 5. The zero-order valence-corrected chi connectivity index (χ0v) is 18.2. The quantitative estimate of drug-likeness (QED) is 0.630. The van der Waals surface area contributed by atoms with Crippen LogP contribution in [0.5, 0.6) is 0 Å². The van der Waals surface area contributed by atoms with Crippen LogP contribution in [0.1, 0.15) is 19.3 Å². The monoisotopic (exact) mass is 460 g/mol. The highest BCUT2D eigenvalue weighted by Gasteiger charge is 2.26. The Balaban J connectivity index is 1.52. The van der Waals surface area contributed by atoms with Crippen LogP contribution < -0.4 is 10.9 Å². The van der Waals surface area contributed by atoms with Crippen molar-refractivity contribution in [2.75, 3.05) is 18.4 Å². The number of carbonyl (C=O) groups excluding carboxylic acids is 1. The van der Waals surface area contributed by atoms with Crippen LogP contribution in [0.25, 0.3) is 10.9 Å². The molecule has 0 atom stereocenters. The molecular weight excluding hydrogens is 440 g/mol. The van der Waals surface area contributed by atoms with E-state index >= 15 is 0 Å². The number of anilines is 1. The van der Waals surface area contributed by atoms with Crippen LogP contribution in [0.4, 0.5) is 5.69 Å². The third kappa shape index (κ3) is 4.63. The summed E-state index contributed by atoms with van der Waals surface area (Å²) >= 11 is 5.96. The molecule has 1 amide bonds. The van der Waals surface area contributed by atoms with Crippen molar-refractivity contribution in [3.05, 3.63) is 64.2 Å². The molecule has 1 aliphatic heterocycles. The van der Waals surface area contributed by atoms with E-state index in [2.05, 4.69) is 10.3 Å². The number of halogens is 1. The van der Waals surface area contributed by atoms with Gasteiger partial charge in [-0.15, -0.1) is 0 Å². The summed E-state index contributed by atoms with van der Waals surface area (Å²) in [5.41, 5.74) is 0.443. The molecule has 1 N–H and O–H groups in total. The third-order valence-corrected chi connectivity index (χ3v) is 7.30. The lowest BCUT2D eigenvalue weighted by atomic mass is 10.2. The molecule has 4 rings (SSSR count). The number of carbonyl (C=O) groups is 1. The van der Waals surface area contributed by atoms with Gasteiger partial charge in [0.1, 0.15) is 6.54 Å². The Kier molecular flexibility index (Phi) is 6.08. The lowest BCUT2D eigenvalue weighted by molar-refractivity contribution is -0.116. The fourth-order valence-corrected chi connectivity index (χ4v) is 5.32. The Labute approximate surface area is 184 Å². The Bertz CT molecular complexity index is 1300. The number of hydrogen-bond donors (Lipinski definition) is 1. The first-order valence-corrected chi connectivity index (χ1v) is 11.7. The topological polar surface area (TPSA) is 101 Å². The van der Waals surface area contributed by atoms with Crippen LogP contribution in [0.3, 0.4) is 0 Å². The average Bonchev–Trinajstić information content (AvgIpc) is 2.77. The summed E-state index contributed by atoms with van der Waals surface area (Å²) in [6.45, 7) is 0.735. The van der Waals surface area contributed by atoms with Crippen molar-refractivity contribution in [2.45, 2.75) is 30.7 Å². The maximum absolute atomic E-state index is 12.9. The summed E-state index contributed by atoms with van der Waals surface area (Å²) < 4.78 is 28.4. The largest absolute Gasteiger partial charge is 0.324 e. The van der Waals surface area contributed by atoms with Crippen LogP contribution in [0.2, 0.25) is 5.02 Å². The van der Waals surface area contributed by atoms with Crippen LogP contribution >= 0.6 is 11.6 Å². The normalized spacial score (nSPS) is 15.1. The van der Waals surface area contributed by atoms with Crippen LogP contribution in [-0.2, 0) is 21.4 Å². The van der Waals surface area contributed by atoms with Crippen molar-refractivity contribution in [1.29, 1.82) is 0 Å². The molecule has 8 nitrogen and oxygen atoms in total. The summed E-state index contributed by atoms with van der Waals surface area (Å²) in [7, 11) is -3.61. The zero-order valence-electron chi connectivity index (χ0n) is 16.6. The fourth-order valence-electron chi connectivity index (χ4n) is 3.59. The number of amides is 1. The van der Waals surface area contributed by atoms with E-state index in [1.54, 1.807) is 24.3 Å². The van der Waals surface area contributed by atoms with Gasteiger partial charge in [-0.1, -0.05) is 24.1 Å². The number of hydrogen-bond acceptors (Lipinski definition) is 5. The van der Waals surface area contributed by atoms with Crippen LogP contribution in [-0.4, -0.2) is 41.3 Å². The zero-order chi connectivity index (χ0) is 22.0. The fraction of sp³-hybridized carbons (Fsp3) is 0.286. The molecule has 162 valence electrons. The van der Waals surface area contributed by atoms with Crippen molar-refractivity contribution < 1.29 is 13.2 Å². The van der Waals surface area contributed by atoms with Crippen molar-refractivity contribution in [3.8, 4) is 0 Å². The van der Waals surface area contributed by atoms with Gasteiger partial charge in [-0.2, -0.15) is 4.31 Å². The second kappa shape index (κ2) is 8.78. The predicted octanol–water partition coefficient (Wildman–Crippen LogP) is 2.86. The van der Waals surface area contributed by atoms with Gasteiger partial charge < -0.3 is 5.32 Å².